The number of para-hydroxylation sites is 1. The molecule has 146 valence electrons. The molecule has 1 saturated heterocycles. The molecule has 1 amide bonds. The lowest BCUT2D eigenvalue weighted by Gasteiger charge is -2.18. The first kappa shape index (κ1) is 18.1. The van der Waals surface area contributed by atoms with E-state index in [2.05, 4.69) is 26.0 Å². The van der Waals surface area contributed by atoms with E-state index in [9.17, 15) is 4.79 Å². The van der Waals surface area contributed by atoms with Crippen molar-refractivity contribution in [3.05, 3.63) is 64.9 Å². The van der Waals surface area contributed by atoms with Crippen LogP contribution >= 0.6 is 15.9 Å². The summed E-state index contributed by atoms with van der Waals surface area (Å²) in [5, 5.41) is 6.40. The SMILES string of the molecule is Cn1nc2cc(Br)ccc2c1C(=O)N1CCC(Oc2cccc3cccnc23)C1. The number of ether oxygens (including phenoxy) is 1. The van der Waals surface area contributed by atoms with Gasteiger partial charge in [0.1, 0.15) is 23.1 Å². The van der Waals surface area contributed by atoms with E-state index < -0.39 is 0 Å². The van der Waals surface area contributed by atoms with E-state index in [0.29, 0.717) is 18.8 Å². The van der Waals surface area contributed by atoms with Gasteiger partial charge in [-0.25, -0.2) is 0 Å². The summed E-state index contributed by atoms with van der Waals surface area (Å²) in [7, 11) is 1.81. The summed E-state index contributed by atoms with van der Waals surface area (Å²) < 4.78 is 8.85. The van der Waals surface area contributed by atoms with E-state index in [4.69, 9.17) is 4.74 Å². The van der Waals surface area contributed by atoms with Crippen molar-refractivity contribution < 1.29 is 9.53 Å². The summed E-state index contributed by atoms with van der Waals surface area (Å²) in [6.07, 6.45) is 2.50. The second-order valence-electron chi connectivity index (χ2n) is 7.24. The number of aryl methyl sites for hydroxylation is 1. The Morgan fingerprint density at radius 1 is 1.21 bits per heavy atom. The van der Waals surface area contributed by atoms with Gasteiger partial charge in [0, 0.05) is 41.5 Å². The van der Waals surface area contributed by atoms with Crippen LogP contribution in [-0.2, 0) is 7.05 Å². The maximum Gasteiger partial charge on any atom is 0.272 e. The van der Waals surface area contributed by atoms with Gasteiger partial charge in [-0.15, -0.1) is 0 Å². The van der Waals surface area contributed by atoms with Crippen molar-refractivity contribution >= 4 is 43.6 Å². The Labute approximate surface area is 176 Å². The van der Waals surface area contributed by atoms with Crippen molar-refractivity contribution in [3.63, 3.8) is 0 Å². The minimum Gasteiger partial charge on any atom is -0.486 e. The largest absolute Gasteiger partial charge is 0.486 e. The molecule has 4 aromatic rings. The zero-order valence-corrected chi connectivity index (χ0v) is 17.5. The fourth-order valence-corrected chi connectivity index (χ4v) is 4.29. The van der Waals surface area contributed by atoms with Gasteiger partial charge in [0.05, 0.1) is 12.1 Å². The normalized spacial score (nSPS) is 16.6. The minimum absolute atomic E-state index is 0.0144. The van der Waals surface area contributed by atoms with Gasteiger partial charge in [-0.05, 0) is 30.3 Å². The van der Waals surface area contributed by atoms with Crippen LogP contribution < -0.4 is 4.74 Å². The lowest BCUT2D eigenvalue weighted by atomic mass is 10.2. The number of rotatable bonds is 3. The number of pyridine rings is 1. The Kier molecular flexibility index (Phi) is 4.47. The van der Waals surface area contributed by atoms with Crippen molar-refractivity contribution in [1.82, 2.24) is 19.7 Å². The molecule has 1 atom stereocenters. The van der Waals surface area contributed by atoms with Crippen molar-refractivity contribution in [2.24, 2.45) is 7.05 Å². The molecule has 5 rings (SSSR count). The molecule has 1 aliphatic heterocycles. The highest BCUT2D eigenvalue weighted by molar-refractivity contribution is 9.10. The van der Waals surface area contributed by atoms with Crippen molar-refractivity contribution in [3.8, 4) is 5.75 Å². The molecule has 0 N–H and O–H groups in total. The maximum absolute atomic E-state index is 13.2. The van der Waals surface area contributed by atoms with E-state index in [0.717, 1.165) is 38.4 Å². The molecule has 6 nitrogen and oxygen atoms in total. The molecule has 7 heteroatoms. The van der Waals surface area contributed by atoms with Gasteiger partial charge in [-0.1, -0.05) is 34.1 Å². The fourth-order valence-electron chi connectivity index (χ4n) is 3.94. The van der Waals surface area contributed by atoms with Gasteiger partial charge in [0.25, 0.3) is 5.91 Å². The Morgan fingerprint density at radius 2 is 2.07 bits per heavy atom. The average molecular weight is 451 g/mol. The summed E-state index contributed by atoms with van der Waals surface area (Å²) in [4.78, 5) is 19.5. The van der Waals surface area contributed by atoms with Crippen LogP contribution in [0.5, 0.6) is 5.75 Å². The Morgan fingerprint density at radius 3 is 2.97 bits per heavy atom. The quantitative estimate of drug-likeness (QED) is 0.469. The monoisotopic (exact) mass is 450 g/mol. The molecule has 1 fully saturated rings. The smallest absolute Gasteiger partial charge is 0.272 e. The van der Waals surface area contributed by atoms with Crippen LogP contribution in [-0.4, -0.2) is 44.8 Å². The first-order valence-electron chi connectivity index (χ1n) is 9.52. The molecule has 1 aliphatic rings. The highest BCUT2D eigenvalue weighted by Gasteiger charge is 2.31. The van der Waals surface area contributed by atoms with E-state index in [1.165, 1.54) is 0 Å². The molecule has 0 radical (unpaired) electrons. The molecule has 1 unspecified atom stereocenters. The van der Waals surface area contributed by atoms with Gasteiger partial charge in [-0.3, -0.25) is 14.5 Å². The molecule has 2 aromatic heterocycles. The maximum atomic E-state index is 13.2. The number of halogens is 1. The zero-order chi connectivity index (χ0) is 20.0. The van der Waals surface area contributed by atoms with Crippen LogP contribution in [0.25, 0.3) is 21.8 Å². The third-order valence-electron chi connectivity index (χ3n) is 5.32. The Bertz CT molecular complexity index is 1230. The lowest BCUT2D eigenvalue weighted by molar-refractivity contribution is 0.0764. The second kappa shape index (κ2) is 7.15. The molecule has 0 bridgehead atoms. The van der Waals surface area contributed by atoms with Gasteiger partial charge in [-0.2, -0.15) is 5.10 Å². The predicted molar refractivity (Wildman–Crippen MR) is 115 cm³/mol. The number of fused-ring (bicyclic) bond motifs is 2. The highest BCUT2D eigenvalue weighted by atomic mass is 79.9. The Balaban J connectivity index is 1.37. The number of benzene rings is 2. The van der Waals surface area contributed by atoms with E-state index in [1.54, 1.807) is 10.9 Å². The topological polar surface area (TPSA) is 60.2 Å². The van der Waals surface area contributed by atoms with Crippen LogP contribution in [0.2, 0.25) is 0 Å². The molecular formula is C22H19BrN4O2. The summed E-state index contributed by atoms with van der Waals surface area (Å²) in [5.41, 5.74) is 2.27. The zero-order valence-electron chi connectivity index (χ0n) is 15.9. The van der Waals surface area contributed by atoms with Gasteiger partial charge in [0.15, 0.2) is 0 Å². The first-order valence-corrected chi connectivity index (χ1v) is 10.3. The molecule has 0 aliphatic carbocycles. The summed E-state index contributed by atoms with van der Waals surface area (Å²) in [6, 6.07) is 15.7. The number of carbonyl (C=O) groups is 1. The van der Waals surface area contributed by atoms with Gasteiger partial charge in [0.2, 0.25) is 0 Å². The minimum atomic E-state index is -0.0554. The number of nitrogens with zero attached hydrogens (tertiary/aromatic N) is 4. The predicted octanol–water partition coefficient (Wildman–Crippen LogP) is 4.18. The number of aromatic nitrogens is 3. The second-order valence-corrected chi connectivity index (χ2v) is 8.16. The summed E-state index contributed by atoms with van der Waals surface area (Å²) in [5.74, 6) is 0.748. The van der Waals surface area contributed by atoms with Crippen LogP contribution in [0.15, 0.2) is 59.2 Å². The molecular weight excluding hydrogens is 432 g/mol. The Hall–Kier alpha value is -2.93. The van der Waals surface area contributed by atoms with E-state index in [-0.39, 0.29) is 12.0 Å². The molecule has 29 heavy (non-hydrogen) atoms. The molecule has 3 heterocycles. The van der Waals surface area contributed by atoms with Crippen LogP contribution in [0.1, 0.15) is 16.9 Å². The third-order valence-corrected chi connectivity index (χ3v) is 5.81. The first-order chi connectivity index (χ1) is 14.1. The number of amides is 1. The highest BCUT2D eigenvalue weighted by Crippen LogP contribution is 2.28. The van der Waals surface area contributed by atoms with Crippen molar-refractivity contribution in [1.29, 1.82) is 0 Å². The van der Waals surface area contributed by atoms with E-state index >= 15 is 0 Å². The molecule has 0 spiro atoms. The summed E-state index contributed by atoms with van der Waals surface area (Å²) >= 11 is 3.46. The summed E-state index contributed by atoms with van der Waals surface area (Å²) in [6.45, 7) is 1.20. The van der Waals surface area contributed by atoms with Crippen molar-refractivity contribution in [2.75, 3.05) is 13.1 Å². The average Bonchev–Trinajstić information content (AvgIpc) is 3.31. The molecule has 2 aromatic carbocycles. The number of hydrogen-bond donors (Lipinski definition) is 0. The van der Waals surface area contributed by atoms with Crippen molar-refractivity contribution in [2.45, 2.75) is 12.5 Å². The number of hydrogen-bond acceptors (Lipinski definition) is 4. The fraction of sp³-hybridized carbons (Fsp3) is 0.227. The van der Waals surface area contributed by atoms with E-state index in [1.807, 2.05) is 60.5 Å². The standard InChI is InChI=1S/C22H19BrN4O2/c1-26-21(17-8-7-15(23)12-18(17)25-26)22(28)27-11-9-16(13-27)29-19-6-2-4-14-5-3-10-24-20(14)19/h2-8,10,12,16H,9,11,13H2,1H3. The number of carbonyl (C=O) groups excluding carboxylic acids is 1. The molecule has 0 saturated carbocycles. The van der Waals surface area contributed by atoms with Gasteiger partial charge >= 0.3 is 0 Å². The van der Waals surface area contributed by atoms with Crippen LogP contribution in [0, 0.1) is 0 Å². The lowest BCUT2D eigenvalue weighted by Crippen LogP contribution is -2.32. The number of likely N-dealkylation sites (tertiary alicyclic amines) is 1. The van der Waals surface area contributed by atoms with Crippen LogP contribution in [0.3, 0.4) is 0 Å². The van der Waals surface area contributed by atoms with Crippen LogP contribution in [0.4, 0.5) is 0 Å². The third kappa shape index (κ3) is 3.25. The van der Waals surface area contributed by atoms with Gasteiger partial charge < -0.3 is 9.64 Å².